The molecule has 1 saturated heterocycles. The molecule has 0 unspecified atom stereocenters. The molecule has 0 spiro atoms. The summed E-state index contributed by atoms with van der Waals surface area (Å²) >= 11 is 0. The standard InChI is InChI=1S/C18H18N4O/c1-23-17-5-3-2-4-12(17)15-9-18-19-10-13-14-7-6-11(20-14)8-16(13)22(18)21-15/h2-5,9-11,14,20H,6-8H2,1H3/t11-,14-/m0/s1. The smallest absolute Gasteiger partial charge is 0.155 e. The number of rotatable bonds is 2. The van der Waals surface area contributed by atoms with Crippen LogP contribution in [0.5, 0.6) is 5.75 Å². The Morgan fingerprint density at radius 3 is 3.09 bits per heavy atom. The van der Waals surface area contributed by atoms with E-state index in [1.807, 2.05) is 41.0 Å². The van der Waals surface area contributed by atoms with Crippen LogP contribution in [0.15, 0.2) is 36.5 Å². The Bertz CT molecular complexity index is 901. The molecule has 0 amide bonds. The average molecular weight is 306 g/mol. The van der Waals surface area contributed by atoms with Gasteiger partial charge in [-0.3, -0.25) is 0 Å². The lowest BCUT2D eigenvalue weighted by atomic mass is 10.0. The molecule has 3 aromatic rings. The Morgan fingerprint density at radius 1 is 1.26 bits per heavy atom. The molecule has 1 aromatic carbocycles. The van der Waals surface area contributed by atoms with Gasteiger partial charge in [-0.15, -0.1) is 0 Å². The van der Waals surface area contributed by atoms with Gasteiger partial charge in [0.05, 0.1) is 18.5 Å². The highest BCUT2D eigenvalue weighted by Crippen LogP contribution is 2.36. The molecular formula is C18H18N4O. The first-order valence-corrected chi connectivity index (χ1v) is 8.10. The second-order valence-electron chi connectivity index (χ2n) is 6.36. The van der Waals surface area contributed by atoms with Crippen LogP contribution in [-0.4, -0.2) is 27.7 Å². The molecule has 0 saturated carbocycles. The molecule has 5 heteroatoms. The van der Waals surface area contributed by atoms with Crippen LogP contribution in [-0.2, 0) is 6.42 Å². The maximum atomic E-state index is 5.47. The minimum Gasteiger partial charge on any atom is -0.496 e. The Kier molecular flexibility index (Phi) is 2.73. The molecule has 5 rings (SSSR count). The van der Waals surface area contributed by atoms with Gasteiger partial charge in [-0.2, -0.15) is 5.10 Å². The average Bonchev–Trinajstić information content (AvgIpc) is 3.19. The van der Waals surface area contributed by atoms with Crippen LogP contribution in [0, 0.1) is 0 Å². The van der Waals surface area contributed by atoms with Crippen molar-refractivity contribution >= 4 is 5.65 Å². The molecule has 5 nitrogen and oxygen atoms in total. The van der Waals surface area contributed by atoms with Crippen molar-refractivity contribution < 1.29 is 4.74 Å². The van der Waals surface area contributed by atoms with Crippen molar-refractivity contribution in [1.29, 1.82) is 0 Å². The van der Waals surface area contributed by atoms with Crippen LogP contribution in [0.4, 0.5) is 0 Å². The highest BCUT2D eigenvalue weighted by molar-refractivity contribution is 5.70. The first-order valence-electron chi connectivity index (χ1n) is 8.10. The number of aromatic nitrogens is 3. The predicted molar refractivity (Wildman–Crippen MR) is 87.6 cm³/mol. The molecule has 2 atom stereocenters. The molecule has 23 heavy (non-hydrogen) atoms. The first-order chi connectivity index (χ1) is 11.3. The van der Waals surface area contributed by atoms with Gasteiger partial charge in [0.2, 0.25) is 0 Å². The number of hydrogen-bond acceptors (Lipinski definition) is 4. The van der Waals surface area contributed by atoms with Gasteiger partial charge in [-0.05, 0) is 25.0 Å². The lowest BCUT2D eigenvalue weighted by molar-refractivity contribution is 0.416. The van der Waals surface area contributed by atoms with E-state index in [1.54, 1.807) is 7.11 Å². The number of methoxy groups -OCH3 is 1. The lowest BCUT2D eigenvalue weighted by Gasteiger charge is -2.24. The van der Waals surface area contributed by atoms with Crippen LogP contribution in [0.1, 0.15) is 30.1 Å². The number of benzene rings is 1. The summed E-state index contributed by atoms with van der Waals surface area (Å²) in [6.45, 7) is 0. The Morgan fingerprint density at radius 2 is 2.17 bits per heavy atom. The Labute approximate surface area is 134 Å². The van der Waals surface area contributed by atoms with Crippen molar-refractivity contribution in [2.45, 2.75) is 31.3 Å². The third-order valence-corrected chi connectivity index (χ3v) is 5.05. The molecule has 0 aliphatic carbocycles. The number of hydrogen-bond donors (Lipinski definition) is 1. The minimum absolute atomic E-state index is 0.444. The fraction of sp³-hybridized carbons (Fsp3) is 0.333. The van der Waals surface area contributed by atoms with E-state index in [4.69, 9.17) is 9.84 Å². The van der Waals surface area contributed by atoms with E-state index in [-0.39, 0.29) is 0 Å². The third kappa shape index (κ3) is 1.90. The molecule has 2 bridgehead atoms. The summed E-state index contributed by atoms with van der Waals surface area (Å²) in [6, 6.07) is 11.1. The summed E-state index contributed by atoms with van der Waals surface area (Å²) in [5.74, 6) is 0.839. The van der Waals surface area contributed by atoms with Gasteiger partial charge in [0, 0.05) is 41.9 Å². The van der Waals surface area contributed by atoms with Crippen LogP contribution in [0.25, 0.3) is 16.9 Å². The molecular weight excluding hydrogens is 288 g/mol. The van der Waals surface area contributed by atoms with E-state index >= 15 is 0 Å². The summed E-state index contributed by atoms with van der Waals surface area (Å²) in [5, 5.41) is 8.51. The summed E-state index contributed by atoms with van der Waals surface area (Å²) in [6.07, 6.45) is 5.49. The van der Waals surface area contributed by atoms with Gasteiger partial charge in [-0.1, -0.05) is 12.1 Å². The largest absolute Gasteiger partial charge is 0.496 e. The third-order valence-electron chi connectivity index (χ3n) is 5.05. The second kappa shape index (κ2) is 4.80. The zero-order valence-electron chi connectivity index (χ0n) is 13.0. The van der Waals surface area contributed by atoms with Crippen molar-refractivity contribution in [3.8, 4) is 17.0 Å². The molecule has 2 aliphatic rings. The second-order valence-corrected chi connectivity index (χ2v) is 6.36. The zero-order chi connectivity index (χ0) is 15.4. The number of para-hydroxylation sites is 1. The maximum absolute atomic E-state index is 5.47. The van der Waals surface area contributed by atoms with Gasteiger partial charge in [0.15, 0.2) is 5.65 Å². The number of nitrogens with one attached hydrogen (secondary N) is 1. The topological polar surface area (TPSA) is 51.5 Å². The van der Waals surface area contributed by atoms with E-state index in [0.29, 0.717) is 12.1 Å². The highest BCUT2D eigenvalue weighted by Gasteiger charge is 2.34. The first kappa shape index (κ1) is 13.1. The van der Waals surface area contributed by atoms with Crippen LogP contribution in [0.2, 0.25) is 0 Å². The van der Waals surface area contributed by atoms with Crippen molar-refractivity contribution in [2.24, 2.45) is 0 Å². The van der Waals surface area contributed by atoms with E-state index < -0.39 is 0 Å². The molecule has 2 aromatic heterocycles. The summed E-state index contributed by atoms with van der Waals surface area (Å²) in [5.41, 5.74) is 5.44. The molecule has 0 radical (unpaired) electrons. The monoisotopic (exact) mass is 306 g/mol. The molecule has 116 valence electrons. The van der Waals surface area contributed by atoms with E-state index in [9.17, 15) is 0 Å². The van der Waals surface area contributed by atoms with E-state index in [2.05, 4.69) is 10.3 Å². The van der Waals surface area contributed by atoms with E-state index in [0.717, 1.165) is 29.1 Å². The van der Waals surface area contributed by atoms with Crippen molar-refractivity contribution in [3.05, 3.63) is 47.8 Å². The number of ether oxygens (including phenoxy) is 1. The minimum atomic E-state index is 0.444. The quantitative estimate of drug-likeness (QED) is 0.791. The Balaban J connectivity index is 1.70. The van der Waals surface area contributed by atoms with Gasteiger partial charge >= 0.3 is 0 Å². The van der Waals surface area contributed by atoms with Crippen LogP contribution >= 0.6 is 0 Å². The number of nitrogens with zero attached hydrogens (tertiary/aromatic N) is 3. The number of fused-ring (bicyclic) bond motifs is 6. The van der Waals surface area contributed by atoms with Gasteiger partial charge < -0.3 is 10.1 Å². The highest BCUT2D eigenvalue weighted by atomic mass is 16.5. The molecule has 2 aliphatic heterocycles. The van der Waals surface area contributed by atoms with Crippen molar-refractivity contribution in [2.75, 3.05) is 7.11 Å². The molecule has 1 fully saturated rings. The van der Waals surface area contributed by atoms with Crippen molar-refractivity contribution in [1.82, 2.24) is 19.9 Å². The molecule has 4 heterocycles. The predicted octanol–water partition coefficient (Wildman–Crippen LogP) is 2.75. The maximum Gasteiger partial charge on any atom is 0.155 e. The SMILES string of the molecule is COc1ccccc1-c1cc2ncc3c(n2n1)C[C@@H]1CC[C@@H]3N1. The summed E-state index contributed by atoms with van der Waals surface area (Å²) in [4.78, 5) is 4.63. The van der Waals surface area contributed by atoms with Crippen LogP contribution in [0.3, 0.4) is 0 Å². The van der Waals surface area contributed by atoms with Gasteiger partial charge in [0.1, 0.15) is 5.75 Å². The lowest BCUT2D eigenvalue weighted by Crippen LogP contribution is -2.33. The fourth-order valence-corrected chi connectivity index (χ4v) is 3.94. The fourth-order valence-electron chi connectivity index (χ4n) is 3.94. The normalized spacial score (nSPS) is 22.3. The van der Waals surface area contributed by atoms with E-state index in [1.165, 1.54) is 24.1 Å². The molecule has 1 N–H and O–H groups in total. The van der Waals surface area contributed by atoms with Crippen molar-refractivity contribution in [3.63, 3.8) is 0 Å². The van der Waals surface area contributed by atoms with Gasteiger partial charge in [-0.25, -0.2) is 9.50 Å². The Hall–Kier alpha value is -2.40. The summed E-state index contributed by atoms with van der Waals surface area (Å²) in [7, 11) is 1.69. The van der Waals surface area contributed by atoms with Crippen LogP contribution < -0.4 is 10.1 Å². The zero-order valence-corrected chi connectivity index (χ0v) is 13.0. The van der Waals surface area contributed by atoms with Gasteiger partial charge in [0.25, 0.3) is 0 Å². The summed E-state index contributed by atoms with van der Waals surface area (Å²) < 4.78 is 7.50.